The van der Waals surface area contributed by atoms with E-state index in [4.69, 9.17) is 10.3 Å². The molecule has 3 aromatic rings. The number of nitrogens with two attached hydrogens (primary N) is 1. The van der Waals surface area contributed by atoms with Gasteiger partial charge in [-0.2, -0.15) is 0 Å². The van der Waals surface area contributed by atoms with Gasteiger partial charge in [-0.15, -0.1) is 11.3 Å². The molecule has 0 bridgehead atoms. The van der Waals surface area contributed by atoms with Gasteiger partial charge in [0.2, 0.25) is 0 Å². The molecule has 0 aliphatic heterocycles. The lowest BCUT2D eigenvalue weighted by molar-refractivity contribution is 0.437. The van der Waals surface area contributed by atoms with E-state index in [0.29, 0.717) is 5.82 Å². The minimum atomic E-state index is 0.417. The molecular weight excluding hydrogens is 312 g/mol. The SMILES string of the molecule is Nc1noc(-c2cccs2)c1-c1ccc(Br)cc1. The van der Waals surface area contributed by atoms with Crippen LogP contribution in [-0.4, -0.2) is 5.16 Å². The summed E-state index contributed by atoms with van der Waals surface area (Å²) in [4.78, 5) is 1.03. The lowest BCUT2D eigenvalue weighted by atomic mass is 10.1. The van der Waals surface area contributed by atoms with Crippen LogP contribution in [0.5, 0.6) is 0 Å². The fourth-order valence-corrected chi connectivity index (χ4v) is 2.75. The number of hydrogen-bond donors (Lipinski definition) is 1. The molecule has 0 saturated heterocycles. The number of rotatable bonds is 2. The first-order chi connectivity index (χ1) is 8.75. The molecule has 0 amide bonds. The van der Waals surface area contributed by atoms with Crippen molar-refractivity contribution in [1.82, 2.24) is 5.16 Å². The summed E-state index contributed by atoms with van der Waals surface area (Å²) in [6, 6.07) is 11.9. The van der Waals surface area contributed by atoms with Crippen LogP contribution in [0.25, 0.3) is 21.8 Å². The standard InChI is InChI=1S/C13H9BrN2OS/c14-9-5-3-8(4-6-9)11-12(17-16-13(11)15)10-2-1-7-18-10/h1-7H,(H2,15,16). The van der Waals surface area contributed by atoms with Gasteiger partial charge in [-0.25, -0.2) is 0 Å². The third-order valence-corrected chi connectivity index (χ3v) is 3.99. The van der Waals surface area contributed by atoms with Gasteiger partial charge in [-0.1, -0.05) is 39.3 Å². The first kappa shape index (κ1) is 11.5. The second kappa shape index (κ2) is 4.59. The van der Waals surface area contributed by atoms with Crippen LogP contribution < -0.4 is 5.73 Å². The van der Waals surface area contributed by atoms with Crippen LogP contribution in [0.15, 0.2) is 50.8 Å². The van der Waals surface area contributed by atoms with Gasteiger partial charge in [0, 0.05) is 4.47 Å². The van der Waals surface area contributed by atoms with E-state index in [-0.39, 0.29) is 0 Å². The third-order valence-electron chi connectivity index (χ3n) is 2.60. The highest BCUT2D eigenvalue weighted by atomic mass is 79.9. The van der Waals surface area contributed by atoms with Crippen molar-refractivity contribution in [3.05, 3.63) is 46.3 Å². The maximum Gasteiger partial charge on any atom is 0.186 e. The largest absolute Gasteiger partial charge is 0.380 e. The maximum atomic E-state index is 5.91. The molecule has 0 spiro atoms. The predicted octanol–water partition coefficient (Wildman–Crippen LogP) is 4.41. The summed E-state index contributed by atoms with van der Waals surface area (Å²) in [7, 11) is 0. The molecule has 0 saturated carbocycles. The molecule has 0 atom stereocenters. The van der Waals surface area contributed by atoms with Crippen LogP contribution in [-0.2, 0) is 0 Å². The quantitative estimate of drug-likeness (QED) is 0.760. The van der Waals surface area contributed by atoms with Crippen molar-refractivity contribution in [2.45, 2.75) is 0 Å². The average Bonchev–Trinajstić information content (AvgIpc) is 2.99. The molecule has 5 heteroatoms. The van der Waals surface area contributed by atoms with Gasteiger partial charge >= 0.3 is 0 Å². The van der Waals surface area contributed by atoms with Gasteiger partial charge in [-0.3, -0.25) is 0 Å². The van der Waals surface area contributed by atoms with Gasteiger partial charge in [-0.05, 0) is 29.1 Å². The Morgan fingerprint density at radius 3 is 2.61 bits per heavy atom. The van der Waals surface area contributed by atoms with Crippen molar-refractivity contribution in [2.24, 2.45) is 0 Å². The number of hydrogen-bond acceptors (Lipinski definition) is 4. The van der Waals surface area contributed by atoms with E-state index in [1.54, 1.807) is 11.3 Å². The summed E-state index contributed by atoms with van der Waals surface area (Å²) in [5.41, 5.74) is 7.76. The molecule has 2 aromatic heterocycles. The number of benzene rings is 1. The average molecular weight is 321 g/mol. The Bertz CT molecular complexity index is 659. The van der Waals surface area contributed by atoms with Gasteiger partial charge < -0.3 is 10.3 Å². The third kappa shape index (κ3) is 1.95. The number of halogens is 1. The second-order valence-corrected chi connectivity index (χ2v) is 5.62. The monoisotopic (exact) mass is 320 g/mol. The summed E-state index contributed by atoms with van der Waals surface area (Å²) in [6.45, 7) is 0. The summed E-state index contributed by atoms with van der Waals surface area (Å²) in [6.07, 6.45) is 0. The smallest absolute Gasteiger partial charge is 0.186 e. The van der Waals surface area contributed by atoms with E-state index < -0.39 is 0 Å². The molecule has 0 aliphatic carbocycles. The van der Waals surface area contributed by atoms with Gasteiger partial charge in [0.25, 0.3) is 0 Å². The highest BCUT2D eigenvalue weighted by Gasteiger charge is 2.18. The zero-order chi connectivity index (χ0) is 12.5. The Hall–Kier alpha value is -1.59. The Morgan fingerprint density at radius 1 is 1.17 bits per heavy atom. The van der Waals surface area contributed by atoms with Crippen LogP contribution in [0.4, 0.5) is 5.82 Å². The normalized spacial score (nSPS) is 10.7. The number of nitrogen functional groups attached to an aromatic ring is 1. The van der Waals surface area contributed by atoms with Crippen molar-refractivity contribution < 1.29 is 4.52 Å². The molecule has 3 nitrogen and oxygen atoms in total. The summed E-state index contributed by atoms with van der Waals surface area (Å²) in [5.74, 6) is 1.14. The molecule has 0 fully saturated rings. The molecule has 0 radical (unpaired) electrons. The second-order valence-electron chi connectivity index (χ2n) is 3.76. The van der Waals surface area contributed by atoms with Crippen molar-refractivity contribution >= 4 is 33.1 Å². The van der Waals surface area contributed by atoms with Crippen molar-refractivity contribution in [3.63, 3.8) is 0 Å². The molecule has 2 heterocycles. The van der Waals surface area contributed by atoms with Crippen LogP contribution >= 0.6 is 27.3 Å². The van der Waals surface area contributed by atoms with E-state index in [2.05, 4.69) is 21.1 Å². The molecule has 90 valence electrons. The van der Waals surface area contributed by atoms with Crippen molar-refractivity contribution in [1.29, 1.82) is 0 Å². The summed E-state index contributed by atoms with van der Waals surface area (Å²) >= 11 is 5.02. The molecular formula is C13H9BrN2OS. The van der Waals surface area contributed by atoms with E-state index in [0.717, 1.165) is 26.2 Å². The Kier molecular flexibility index (Phi) is 2.93. The van der Waals surface area contributed by atoms with E-state index in [1.165, 1.54) is 0 Å². The zero-order valence-corrected chi connectivity index (χ0v) is 11.7. The van der Waals surface area contributed by atoms with E-state index >= 15 is 0 Å². The van der Waals surface area contributed by atoms with Crippen LogP contribution in [0.1, 0.15) is 0 Å². The maximum absolute atomic E-state index is 5.91. The van der Waals surface area contributed by atoms with E-state index in [9.17, 15) is 0 Å². The number of aromatic nitrogens is 1. The fraction of sp³-hybridized carbons (Fsp3) is 0. The van der Waals surface area contributed by atoms with Crippen LogP contribution in [0, 0.1) is 0 Å². The van der Waals surface area contributed by atoms with Crippen molar-refractivity contribution in [2.75, 3.05) is 5.73 Å². The van der Waals surface area contributed by atoms with Gasteiger partial charge in [0.15, 0.2) is 11.6 Å². The first-order valence-corrected chi connectivity index (χ1v) is 6.98. The molecule has 1 aromatic carbocycles. The highest BCUT2D eigenvalue weighted by molar-refractivity contribution is 9.10. The van der Waals surface area contributed by atoms with E-state index in [1.807, 2.05) is 41.8 Å². The molecule has 3 rings (SSSR count). The number of thiophene rings is 1. The molecule has 0 unspecified atom stereocenters. The lowest BCUT2D eigenvalue weighted by Crippen LogP contribution is -1.88. The predicted molar refractivity (Wildman–Crippen MR) is 77.4 cm³/mol. The first-order valence-electron chi connectivity index (χ1n) is 5.30. The summed E-state index contributed by atoms with van der Waals surface area (Å²) < 4.78 is 6.37. The minimum Gasteiger partial charge on any atom is -0.380 e. The highest BCUT2D eigenvalue weighted by Crippen LogP contribution is 2.38. The number of anilines is 1. The Balaban J connectivity index is 2.17. The van der Waals surface area contributed by atoms with Crippen LogP contribution in [0.3, 0.4) is 0 Å². The fourth-order valence-electron chi connectivity index (χ4n) is 1.77. The van der Waals surface area contributed by atoms with Gasteiger partial charge in [0.1, 0.15) is 0 Å². The lowest BCUT2D eigenvalue weighted by Gasteiger charge is -2.01. The zero-order valence-electron chi connectivity index (χ0n) is 9.26. The number of nitrogens with zero attached hydrogens (tertiary/aromatic N) is 1. The van der Waals surface area contributed by atoms with Crippen molar-refractivity contribution in [3.8, 4) is 21.8 Å². The van der Waals surface area contributed by atoms with Gasteiger partial charge in [0.05, 0.1) is 10.4 Å². The Morgan fingerprint density at radius 2 is 1.94 bits per heavy atom. The summed E-state index contributed by atoms with van der Waals surface area (Å²) in [5, 5.41) is 5.87. The minimum absolute atomic E-state index is 0.417. The van der Waals surface area contributed by atoms with Crippen LogP contribution in [0.2, 0.25) is 0 Å². The molecule has 0 aliphatic rings. The topological polar surface area (TPSA) is 52.0 Å². The molecule has 2 N–H and O–H groups in total. The molecule has 18 heavy (non-hydrogen) atoms. The Labute approximate surface area is 116 Å².